The van der Waals surface area contributed by atoms with Gasteiger partial charge < -0.3 is 14.6 Å². The Morgan fingerprint density at radius 2 is 2.03 bits per heavy atom. The number of ether oxygens (including phenoxy) is 1. The van der Waals surface area contributed by atoms with E-state index in [1.165, 1.54) is 23.9 Å². The SMILES string of the molecule is CCn1c(SCC(=O)Nc2ccc(Br)cn2)nnc1C(C)Oc1ccc(F)cc1. The average Bonchev–Trinajstić information content (AvgIpc) is 3.13. The molecule has 0 bridgehead atoms. The van der Waals surface area contributed by atoms with E-state index in [1.807, 2.05) is 18.4 Å². The minimum absolute atomic E-state index is 0.170. The summed E-state index contributed by atoms with van der Waals surface area (Å²) in [5.74, 6) is 1.32. The maximum absolute atomic E-state index is 13.1. The summed E-state index contributed by atoms with van der Waals surface area (Å²) in [7, 11) is 0. The van der Waals surface area contributed by atoms with E-state index in [0.29, 0.717) is 29.1 Å². The van der Waals surface area contributed by atoms with Gasteiger partial charge in [0.05, 0.1) is 5.75 Å². The van der Waals surface area contributed by atoms with Crippen LogP contribution in [0.3, 0.4) is 0 Å². The van der Waals surface area contributed by atoms with Crippen molar-refractivity contribution in [1.29, 1.82) is 0 Å². The van der Waals surface area contributed by atoms with Crippen LogP contribution in [0, 0.1) is 5.82 Å². The van der Waals surface area contributed by atoms with Crippen LogP contribution < -0.4 is 10.1 Å². The summed E-state index contributed by atoms with van der Waals surface area (Å²) in [6.45, 7) is 4.44. The number of carbonyl (C=O) groups is 1. The molecule has 0 saturated heterocycles. The molecule has 0 fully saturated rings. The lowest BCUT2D eigenvalue weighted by molar-refractivity contribution is -0.113. The van der Waals surface area contributed by atoms with Crippen LogP contribution in [0.1, 0.15) is 25.8 Å². The standard InChI is InChI=1S/C19H19BrFN5O2S/c1-3-26-18(12(2)28-15-7-5-14(21)6-8-15)24-25-19(26)29-11-17(27)23-16-9-4-13(20)10-22-16/h4-10,12H,3,11H2,1-2H3,(H,22,23,27). The topological polar surface area (TPSA) is 81.9 Å². The van der Waals surface area contributed by atoms with E-state index in [9.17, 15) is 9.18 Å². The minimum atomic E-state index is -0.386. The van der Waals surface area contributed by atoms with Gasteiger partial charge in [-0.3, -0.25) is 4.79 Å². The minimum Gasteiger partial charge on any atom is -0.483 e. The van der Waals surface area contributed by atoms with E-state index >= 15 is 0 Å². The molecule has 1 atom stereocenters. The van der Waals surface area contributed by atoms with E-state index in [2.05, 4.69) is 36.4 Å². The van der Waals surface area contributed by atoms with Gasteiger partial charge in [0.1, 0.15) is 17.4 Å². The molecular formula is C19H19BrFN5O2S. The number of halogens is 2. The van der Waals surface area contributed by atoms with Gasteiger partial charge in [0, 0.05) is 17.2 Å². The highest BCUT2D eigenvalue weighted by Gasteiger charge is 2.19. The number of nitrogens with one attached hydrogen (secondary N) is 1. The second-order valence-electron chi connectivity index (χ2n) is 6.00. The third kappa shape index (κ3) is 5.77. The summed E-state index contributed by atoms with van der Waals surface area (Å²) in [4.78, 5) is 16.3. The molecule has 0 aliphatic heterocycles. The second-order valence-corrected chi connectivity index (χ2v) is 7.86. The number of benzene rings is 1. The van der Waals surface area contributed by atoms with Crippen LogP contribution in [-0.4, -0.2) is 31.4 Å². The molecule has 1 unspecified atom stereocenters. The van der Waals surface area contributed by atoms with Crippen LogP contribution in [0.2, 0.25) is 0 Å². The van der Waals surface area contributed by atoms with Gasteiger partial charge in [0.25, 0.3) is 0 Å². The smallest absolute Gasteiger partial charge is 0.236 e. The molecule has 0 radical (unpaired) electrons. The predicted octanol–water partition coefficient (Wildman–Crippen LogP) is 4.47. The van der Waals surface area contributed by atoms with Gasteiger partial charge in [-0.1, -0.05) is 11.8 Å². The molecular weight excluding hydrogens is 461 g/mol. The Kier molecular flexibility index (Phi) is 7.21. The fourth-order valence-electron chi connectivity index (χ4n) is 2.53. The van der Waals surface area contributed by atoms with Crippen LogP contribution in [0.4, 0.5) is 10.2 Å². The normalized spacial score (nSPS) is 11.9. The first-order valence-electron chi connectivity index (χ1n) is 8.85. The number of thioether (sulfide) groups is 1. The number of pyridine rings is 1. The molecule has 1 aromatic carbocycles. The number of aromatic nitrogens is 4. The van der Waals surface area contributed by atoms with Crippen LogP contribution in [0.25, 0.3) is 0 Å². The molecule has 10 heteroatoms. The maximum atomic E-state index is 13.1. The number of hydrogen-bond acceptors (Lipinski definition) is 6. The molecule has 29 heavy (non-hydrogen) atoms. The summed E-state index contributed by atoms with van der Waals surface area (Å²) >= 11 is 4.59. The molecule has 2 aromatic heterocycles. The first-order valence-corrected chi connectivity index (χ1v) is 10.6. The first kappa shape index (κ1) is 21.3. The van der Waals surface area contributed by atoms with Crippen LogP contribution >= 0.6 is 27.7 Å². The Bertz CT molecular complexity index is 966. The monoisotopic (exact) mass is 479 g/mol. The summed E-state index contributed by atoms with van der Waals surface area (Å²) in [5.41, 5.74) is 0. The number of anilines is 1. The third-order valence-corrected chi connectivity index (χ3v) is 5.31. The van der Waals surface area contributed by atoms with E-state index in [-0.39, 0.29) is 23.6 Å². The van der Waals surface area contributed by atoms with Gasteiger partial charge in [-0.2, -0.15) is 0 Å². The van der Waals surface area contributed by atoms with Crippen molar-refractivity contribution in [2.24, 2.45) is 0 Å². The highest BCUT2D eigenvalue weighted by atomic mass is 79.9. The highest BCUT2D eigenvalue weighted by Crippen LogP contribution is 2.25. The molecule has 1 amide bonds. The van der Waals surface area contributed by atoms with Crippen molar-refractivity contribution in [2.75, 3.05) is 11.1 Å². The maximum Gasteiger partial charge on any atom is 0.236 e. The Morgan fingerprint density at radius 1 is 1.28 bits per heavy atom. The number of nitrogens with zero attached hydrogens (tertiary/aromatic N) is 4. The largest absolute Gasteiger partial charge is 0.483 e. The highest BCUT2D eigenvalue weighted by molar-refractivity contribution is 9.10. The van der Waals surface area contributed by atoms with E-state index in [4.69, 9.17) is 4.74 Å². The third-order valence-electron chi connectivity index (χ3n) is 3.88. The molecule has 152 valence electrons. The van der Waals surface area contributed by atoms with Gasteiger partial charge in [-0.05, 0) is 66.2 Å². The molecule has 0 saturated carbocycles. The molecule has 0 spiro atoms. The Hall–Kier alpha value is -2.46. The van der Waals surface area contributed by atoms with Gasteiger partial charge in [0.15, 0.2) is 17.1 Å². The Labute approximate surface area is 180 Å². The number of carbonyl (C=O) groups excluding carboxylic acids is 1. The van der Waals surface area contributed by atoms with Crippen LogP contribution in [-0.2, 0) is 11.3 Å². The fourth-order valence-corrected chi connectivity index (χ4v) is 3.58. The van der Waals surface area contributed by atoms with Crippen molar-refractivity contribution in [1.82, 2.24) is 19.7 Å². The van der Waals surface area contributed by atoms with Crippen molar-refractivity contribution < 1.29 is 13.9 Å². The van der Waals surface area contributed by atoms with Gasteiger partial charge >= 0.3 is 0 Å². The molecule has 7 nitrogen and oxygen atoms in total. The molecule has 1 N–H and O–H groups in total. The lowest BCUT2D eigenvalue weighted by Gasteiger charge is -2.15. The van der Waals surface area contributed by atoms with Gasteiger partial charge in [-0.15, -0.1) is 10.2 Å². The van der Waals surface area contributed by atoms with Crippen LogP contribution in [0.5, 0.6) is 5.75 Å². The molecule has 3 aromatic rings. The van der Waals surface area contributed by atoms with Crippen molar-refractivity contribution in [2.45, 2.75) is 31.7 Å². The Morgan fingerprint density at radius 3 is 2.69 bits per heavy atom. The molecule has 0 aliphatic rings. The molecule has 2 heterocycles. The summed E-state index contributed by atoms with van der Waals surface area (Å²) in [5, 5.41) is 11.8. The second kappa shape index (κ2) is 9.84. The van der Waals surface area contributed by atoms with E-state index < -0.39 is 0 Å². The van der Waals surface area contributed by atoms with Crippen molar-refractivity contribution >= 4 is 39.4 Å². The Balaban J connectivity index is 1.61. The van der Waals surface area contributed by atoms with Crippen LogP contribution in [0.15, 0.2) is 52.2 Å². The zero-order valence-electron chi connectivity index (χ0n) is 15.8. The quantitative estimate of drug-likeness (QED) is 0.480. The number of amides is 1. The number of rotatable bonds is 8. The lowest BCUT2D eigenvalue weighted by Crippen LogP contribution is -2.16. The van der Waals surface area contributed by atoms with Gasteiger partial charge in [-0.25, -0.2) is 9.37 Å². The van der Waals surface area contributed by atoms with Crippen molar-refractivity contribution in [3.63, 3.8) is 0 Å². The van der Waals surface area contributed by atoms with E-state index in [1.54, 1.807) is 30.5 Å². The van der Waals surface area contributed by atoms with Gasteiger partial charge in [0.2, 0.25) is 5.91 Å². The predicted molar refractivity (Wildman–Crippen MR) is 112 cm³/mol. The fraction of sp³-hybridized carbons (Fsp3) is 0.263. The lowest BCUT2D eigenvalue weighted by atomic mass is 10.3. The summed E-state index contributed by atoms with van der Waals surface area (Å²) < 4.78 is 21.6. The molecule has 0 aliphatic carbocycles. The van der Waals surface area contributed by atoms with Crippen molar-refractivity contribution in [3.05, 3.63) is 58.7 Å². The summed E-state index contributed by atoms with van der Waals surface area (Å²) in [6.07, 6.45) is 1.23. The average molecular weight is 480 g/mol. The van der Waals surface area contributed by atoms with E-state index in [0.717, 1.165) is 4.47 Å². The first-order chi connectivity index (χ1) is 14.0. The zero-order valence-corrected chi connectivity index (χ0v) is 18.2. The van der Waals surface area contributed by atoms with Crippen molar-refractivity contribution in [3.8, 4) is 5.75 Å². The molecule has 3 rings (SSSR count). The zero-order chi connectivity index (χ0) is 20.8. The number of hydrogen-bond donors (Lipinski definition) is 1. The summed E-state index contributed by atoms with van der Waals surface area (Å²) in [6, 6.07) is 9.33.